The average molecular weight is 314 g/mol. The number of aromatic amines is 1. The number of H-pyrrole nitrogens is 1. The average Bonchev–Trinajstić information content (AvgIpc) is 2.73. The molecule has 0 saturated heterocycles. The predicted octanol–water partition coefficient (Wildman–Crippen LogP) is 1.91. The summed E-state index contributed by atoms with van der Waals surface area (Å²) in [6.07, 6.45) is 0.390. The summed E-state index contributed by atoms with van der Waals surface area (Å²) in [5.41, 5.74) is 5.72. The van der Waals surface area contributed by atoms with E-state index in [1.807, 2.05) is 0 Å². The molecule has 0 aliphatic carbocycles. The van der Waals surface area contributed by atoms with Crippen molar-refractivity contribution in [3.05, 3.63) is 39.8 Å². The van der Waals surface area contributed by atoms with Crippen molar-refractivity contribution in [2.75, 3.05) is 0 Å². The molecule has 3 N–H and O–H groups in total. The maximum Gasteiger partial charge on any atom is 0.343 e. The van der Waals surface area contributed by atoms with Crippen LogP contribution in [-0.4, -0.2) is 20.8 Å². The van der Waals surface area contributed by atoms with E-state index < -0.39 is 17.3 Å². The van der Waals surface area contributed by atoms with Gasteiger partial charge in [-0.05, 0) is 49.7 Å². The van der Waals surface area contributed by atoms with Crippen LogP contribution in [0.2, 0.25) is 0 Å². The Morgan fingerprint density at radius 3 is 2.57 bits per heavy atom. The van der Waals surface area contributed by atoms with Gasteiger partial charge in [0.05, 0.1) is 4.90 Å². The zero-order chi connectivity index (χ0) is 15.6. The fourth-order valence-electron chi connectivity index (χ4n) is 1.95. The van der Waals surface area contributed by atoms with Crippen LogP contribution in [-0.2, 0) is 13.0 Å². The van der Waals surface area contributed by atoms with Crippen molar-refractivity contribution in [1.82, 2.24) is 14.8 Å². The van der Waals surface area contributed by atoms with Gasteiger partial charge in [-0.3, -0.25) is 4.57 Å². The normalized spacial score (nSPS) is 12.6. The topological polar surface area (TPSA) is 76.7 Å². The summed E-state index contributed by atoms with van der Waals surface area (Å²) in [6, 6.07) is 2.34. The summed E-state index contributed by atoms with van der Waals surface area (Å²) in [5.74, 6) is -1.37. The van der Waals surface area contributed by atoms with Gasteiger partial charge in [0.15, 0.2) is 5.16 Å². The van der Waals surface area contributed by atoms with Crippen LogP contribution in [0.25, 0.3) is 0 Å². The van der Waals surface area contributed by atoms with Gasteiger partial charge in [-0.1, -0.05) is 0 Å². The molecule has 1 atom stereocenters. The molecule has 1 aromatic carbocycles. The van der Waals surface area contributed by atoms with E-state index in [1.165, 1.54) is 16.7 Å². The minimum absolute atomic E-state index is 0.182. The molecular formula is C13H16F2N4OS. The first-order valence-corrected chi connectivity index (χ1v) is 7.30. The van der Waals surface area contributed by atoms with E-state index in [0.717, 1.165) is 11.8 Å². The minimum Gasteiger partial charge on any atom is -0.328 e. The molecule has 0 bridgehead atoms. The Balaban J connectivity index is 2.34. The SMILES string of the molecule is CCn1c(Sc2c(F)cc(CC(C)N)cc2F)n[nH]c1=O. The molecule has 0 amide bonds. The quantitative estimate of drug-likeness (QED) is 0.884. The maximum atomic E-state index is 14.1. The summed E-state index contributed by atoms with van der Waals surface area (Å²) in [4.78, 5) is 11.3. The first-order valence-electron chi connectivity index (χ1n) is 6.49. The molecule has 21 heavy (non-hydrogen) atoms. The van der Waals surface area contributed by atoms with Gasteiger partial charge in [0.25, 0.3) is 0 Å². The van der Waals surface area contributed by atoms with Crippen LogP contribution >= 0.6 is 11.8 Å². The maximum absolute atomic E-state index is 14.1. The zero-order valence-electron chi connectivity index (χ0n) is 11.7. The number of hydrogen-bond acceptors (Lipinski definition) is 4. The third-order valence-corrected chi connectivity index (χ3v) is 3.94. The molecule has 1 aromatic heterocycles. The van der Waals surface area contributed by atoms with Crippen molar-refractivity contribution in [2.24, 2.45) is 5.73 Å². The third kappa shape index (κ3) is 3.51. The number of rotatable bonds is 5. The van der Waals surface area contributed by atoms with Gasteiger partial charge in [0.1, 0.15) is 11.6 Å². The third-order valence-electron chi connectivity index (χ3n) is 2.85. The zero-order valence-corrected chi connectivity index (χ0v) is 12.5. The molecule has 1 heterocycles. The van der Waals surface area contributed by atoms with Crippen molar-refractivity contribution >= 4 is 11.8 Å². The lowest BCUT2D eigenvalue weighted by Gasteiger charge is -2.09. The van der Waals surface area contributed by atoms with Crippen molar-refractivity contribution in [3.8, 4) is 0 Å². The smallest absolute Gasteiger partial charge is 0.328 e. The lowest BCUT2D eigenvalue weighted by atomic mass is 10.1. The van der Waals surface area contributed by atoms with Crippen LogP contribution in [0.4, 0.5) is 8.78 Å². The first-order chi connectivity index (χ1) is 9.92. The molecule has 1 unspecified atom stereocenters. The molecule has 0 aliphatic heterocycles. The lowest BCUT2D eigenvalue weighted by molar-refractivity contribution is 0.534. The van der Waals surface area contributed by atoms with Gasteiger partial charge in [0, 0.05) is 12.6 Å². The standard InChI is InChI=1S/C13H16F2N4OS/c1-3-19-12(20)17-18-13(19)21-11-9(14)5-8(4-7(2)16)6-10(11)15/h5-7H,3-4,16H2,1-2H3,(H,17,20). The van der Waals surface area contributed by atoms with Gasteiger partial charge < -0.3 is 5.73 Å². The highest BCUT2D eigenvalue weighted by molar-refractivity contribution is 7.99. The first kappa shape index (κ1) is 15.7. The molecule has 2 rings (SSSR count). The van der Waals surface area contributed by atoms with E-state index in [-0.39, 0.29) is 16.1 Å². The summed E-state index contributed by atoms with van der Waals surface area (Å²) >= 11 is 0.780. The number of aromatic nitrogens is 3. The van der Waals surface area contributed by atoms with Gasteiger partial charge in [0.2, 0.25) is 0 Å². The second kappa shape index (κ2) is 6.40. The molecule has 0 aliphatic rings. The predicted molar refractivity (Wildman–Crippen MR) is 76.4 cm³/mol. The van der Waals surface area contributed by atoms with Gasteiger partial charge >= 0.3 is 5.69 Å². The Morgan fingerprint density at radius 2 is 2.05 bits per heavy atom. The number of benzene rings is 1. The van der Waals surface area contributed by atoms with Crippen molar-refractivity contribution < 1.29 is 8.78 Å². The Labute approximate surface area is 124 Å². The largest absolute Gasteiger partial charge is 0.343 e. The van der Waals surface area contributed by atoms with E-state index in [9.17, 15) is 13.6 Å². The van der Waals surface area contributed by atoms with Crippen LogP contribution in [0.15, 0.2) is 27.0 Å². The van der Waals surface area contributed by atoms with Gasteiger partial charge in [-0.2, -0.15) is 0 Å². The van der Waals surface area contributed by atoms with Crippen LogP contribution in [0.1, 0.15) is 19.4 Å². The van der Waals surface area contributed by atoms with Crippen molar-refractivity contribution in [1.29, 1.82) is 0 Å². The van der Waals surface area contributed by atoms with Crippen molar-refractivity contribution in [2.45, 2.75) is 42.9 Å². The lowest BCUT2D eigenvalue weighted by Crippen LogP contribution is -2.18. The van der Waals surface area contributed by atoms with Crippen LogP contribution in [0.3, 0.4) is 0 Å². The highest BCUT2D eigenvalue weighted by atomic mass is 32.2. The number of halogens is 2. The molecule has 114 valence electrons. The van der Waals surface area contributed by atoms with Crippen LogP contribution in [0.5, 0.6) is 0 Å². The minimum atomic E-state index is -0.686. The van der Waals surface area contributed by atoms with Gasteiger partial charge in [-0.25, -0.2) is 18.7 Å². The monoisotopic (exact) mass is 314 g/mol. The second-order valence-electron chi connectivity index (χ2n) is 4.73. The summed E-state index contributed by atoms with van der Waals surface area (Å²) in [7, 11) is 0. The van der Waals surface area contributed by atoms with Crippen LogP contribution in [0, 0.1) is 11.6 Å². The van der Waals surface area contributed by atoms with E-state index in [2.05, 4.69) is 10.2 Å². The summed E-state index contributed by atoms with van der Waals surface area (Å²) < 4.78 is 29.4. The Morgan fingerprint density at radius 1 is 1.43 bits per heavy atom. The number of nitrogens with one attached hydrogen (secondary N) is 1. The number of nitrogens with two attached hydrogens (primary N) is 1. The fourth-order valence-corrected chi connectivity index (χ4v) is 2.86. The molecule has 0 spiro atoms. The Bertz CT molecular complexity index is 673. The van der Waals surface area contributed by atoms with E-state index in [4.69, 9.17) is 5.73 Å². The highest BCUT2D eigenvalue weighted by Gasteiger charge is 2.17. The second-order valence-corrected chi connectivity index (χ2v) is 5.71. The summed E-state index contributed by atoms with van der Waals surface area (Å²) in [6.45, 7) is 3.88. The highest BCUT2D eigenvalue weighted by Crippen LogP contribution is 2.31. The van der Waals surface area contributed by atoms with E-state index in [0.29, 0.717) is 18.5 Å². The molecule has 2 aromatic rings. The van der Waals surface area contributed by atoms with Crippen molar-refractivity contribution in [3.63, 3.8) is 0 Å². The molecular weight excluding hydrogens is 298 g/mol. The molecule has 0 radical (unpaired) electrons. The fraction of sp³-hybridized carbons (Fsp3) is 0.385. The number of hydrogen-bond donors (Lipinski definition) is 2. The van der Waals surface area contributed by atoms with Crippen LogP contribution < -0.4 is 11.4 Å². The Hall–Kier alpha value is -1.67. The Kier molecular flexibility index (Phi) is 4.79. The van der Waals surface area contributed by atoms with E-state index >= 15 is 0 Å². The summed E-state index contributed by atoms with van der Waals surface area (Å²) in [5, 5.41) is 6.25. The van der Waals surface area contributed by atoms with E-state index in [1.54, 1.807) is 13.8 Å². The molecule has 0 saturated carbocycles. The number of nitrogens with zero attached hydrogens (tertiary/aromatic N) is 2. The molecule has 0 fully saturated rings. The molecule has 8 heteroatoms. The van der Waals surface area contributed by atoms with Gasteiger partial charge in [-0.15, -0.1) is 5.10 Å². The molecule has 5 nitrogen and oxygen atoms in total.